The summed E-state index contributed by atoms with van der Waals surface area (Å²) in [5.41, 5.74) is 1.38. The topological polar surface area (TPSA) is 23.8 Å². The second-order valence-electron chi connectivity index (χ2n) is 5.07. The van der Waals surface area contributed by atoms with Gasteiger partial charge in [-0.15, -0.1) is 0 Å². The molecule has 0 fully saturated rings. The molecule has 0 aromatic carbocycles. The summed E-state index contributed by atoms with van der Waals surface area (Å²) < 4.78 is 0. The summed E-state index contributed by atoms with van der Waals surface area (Å²) in [5.74, 6) is 0.801. The molecule has 2 atom stereocenters. The highest BCUT2D eigenvalue weighted by molar-refractivity contribution is 4.94. The molecule has 0 spiro atoms. The van der Waals surface area contributed by atoms with Gasteiger partial charge < -0.3 is 0 Å². The highest BCUT2D eigenvalue weighted by atomic mass is 14.3. The van der Waals surface area contributed by atoms with Crippen molar-refractivity contribution < 1.29 is 0 Å². The van der Waals surface area contributed by atoms with Gasteiger partial charge in [0, 0.05) is 5.92 Å². The SMILES string of the molecule is CCCCCC(C#N)C(C)CCC=C(C)C. The number of hydrogen-bond donors (Lipinski definition) is 0. The summed E-state index contributed by atoms with van der Waals surface area (Å²) in [4.78, 5) is 0. The first-order valence-electron chi connectivity index (χ1n) is 6.64. The average Bonchev–Trinajstić information content (AvgIpc) is 2.23. The lowest BCUT2D eigenvalue weighted by Crippen LogP contribution is -2.09. The van der Waals surface area contributed by atoms with Crippen LogP contribution in [0.5, 0.6) is 0 Å². The Hall–Kier alpha value is -0.770. The fourth-order valence-corrected chi connectivity index (χ4v) is 1.93. The zero-order chi connectivity index (χ0) is 12.4. The summed E-state index contributed by atoms with van der Waals surface area (Å²) in [5, 5.41) is 9.14. The Kier molecular flexibility index (Phi) is 9.00. The van der Waals surface area contributed by atoms with Gasteiger partial charge in [0.05, 0.1) is 6.07 Å². The third-order valence-corrected chi connectivity index (χ3v) is 3.15. The molecule has 0 aromatic heterocycles. The Morgan fingerprint density at radius 1 is 1.25 bits per heavy atom. The molecule has 0 aromatic rings. The summed E-state index contributed by atoms with van der Waals surface area (Å²) in [6.45, 7) is 8.69. The van der Waals surface area contributed by atoms with Crippen LogP contribution in [0.3, 0.4) is 0 Å². The van der Waals surface area contributed by atoms with Gasteiger partial charge in [0.25, 0.3) is 0 Å². The summed E-state index contributed by atoms with van der Waals surface area (Å²) in [6, 6.07) is 2.48. The van der Waals surface area contributed by atoms with Crippen molar-refractivity contribution in [3.05, 3.63) is 11.6 Å². The molecule has 2 unspecified atom stereocenters. The van der Waals surface area contributed by atoms with Crippen LogP contribution in [0, 0.1) is 23.2 Å². The smallest absolute Gasteiger partial charge is 0.0658 e. The Morgan fingerprint density at radius 2 is 1.94 bits per heavy atom. The second kappa shape index (κ2) is 9.46. The number of rotatable bonds is 8. The lowest BCUT2D eigenvalue weighted by Gasteiger charge is -2.16. The molecule has 0 aliphatic rings. The predicted octanol–water partition coefficient (Wildman–Crippen LogP) is 5.09. The maximum atomic E-state index is 9.14. The fourth-order valence-electron chi connectivity index (χ4n) is 1.93. The van der Waals surface area contributed by atoms with E-state index in [4.69, 9.17) is 5.26 Å². The van der Waals surface area contributed by atoms with Crippen LogP contribution in [-0.2, 0) is 0 Å². The van der Waals surface area contributed by atoms with E-state index >= 15 is 0 Å². The molecule has 16 heavy (non-hydrogen) atoms. The molecular formula is C15H27N. The van der Waals surface area contributed by atoms with Gasteiger partial charge in [0.2, 0.25) is 0 Å². The highest BCUT2D eigenvalue weighted by Gasteiger charge is 2.15. The van der Waals surface area contributed by atoms with Crippen molar-refractivity contribution in [1.29, 1.82) is 5.26 Å². The van der Waals surface area contributed by atoms with Gasteiger partial charge in [-0.05, 0) is 39.0 Å². The molecule has 0 aliphatic heterocycles. The van der Waals surface area contributed by atoms with Crippen molar-refractivity contribution in [1.82, 2.24) is 0 Å². The number of unbranched alkanes of at least 4 members (excludes halogenated alkanes) is 2. The van der Waals surface area contributed by atoms with E-state index in [0.717, 1.165) is 19.3 Å². The minimum absolute atomic E-state index is 0.261. The van der Waals surface area contributed by atoms with Crippen molar-refractivity contribution in [3.8, 4) is 6.07 Å². The fraction of sp³-hybridized carbons (Fsp3) is 0.800. The first kappa shape index (κ1) is 15.2. The van der Waals surface area contributed by atoms with Gasteiger partial charge in [0.1, 0.15) is 0 Å². The summed E-state index contributed by atoms with van der Waals surface area (Å²) in [7, 11) is 0. The molecule has 0 N–H and O–H groups in total. The first-order valence-corrected chi connectivity index (χ1v) is 6.64. The van der Waals surface area contributed by atoms with Crippen molar-refractivity contribution >= 4 is 0 Å². The zero-order valence-electron chi connectivity index (χ0n) is 11.4. The minimum Gasteiger partial charge on any atom is -0.198 e. The second-order valence-corrected chi connectivity index (χ2v) is 5.07. The maximum Gasteiger partial charge on any atom is 0.0658 e. The predicted molar refractivity (Wildman–Crippen MR) is 71.1 cm³/mol. The number of hydrogen-bond acceptors (Lipinski definition) is 1. The monoisotopic (exact) mass is 221 g/mol. The van der Waals surface area contributed by atoms with Crippen LogP contribution < -0.4 is 0 Å². The van der Waals surface area contributed by atoms with Crippen LogP contribution in [-0.4, -0.2) is 0 Å². The molecule has 1 heteroatoms. The third-order valence-electron chi connectivity index (χ3n) is 3.15. The average molecular weight is 221 g/mol. The molecule has 0 saturated heterocycles. The number of nitriles is 1. The molecule has 0 aliphatic carbocycles. The van der Waals surface area contributed by atoms with Crippen LogP contribution in [0.1, 0.15) is 66.2 Å². The van der Waals surface area contributed by atoms with Gasteiger partial charge in [-0.3, -0.25) is 0 Å². The van der Waals surface area contributed by atoms with E-state index in [1.807, 2.05) is 0 Å². The molecule has 92 valence electrons. The molecule has 0 heterocycles. The van der Waals surface area contributed by atoms with Gasteiger partial charge in [0.15, 0.2) is 0 Å². The van der Waals surface area contributed by atoms with Crippen molar-refractivity contribution in [3.63, 3.8) is 0 Å². The van der Waals surface area contributed by atoms with E-state index in [1.165, 1.54) is 24.8 Å². The molecule has 0 bridgehead atoms. The Morgan fingerprint density at radius 3 is 2.44 bits per heavy atom. The first-order chi connectivity index (χ1) is 7.61. The normalized spacial score (nSPS) is 13.9. The molecular weight excluding hydrogens is 194 g/mol. The van der Waals surface area contributed by atoms with Gasteiger partial charge >= 0.3 is 0 Å². The third kappa shape index (κ3) is 7.51. The van der Waals surface area contributed by atoms with Crippen molar-refractivity contribution in [2.45, 2.75) is 66.2 Å². The highest BCUT2D eigenvalue weighted by Crippen LogP contribution is 2.22. The zero-order valence-corrected chi connectivity index (χ0v) is 11.4. The molecule has 0 radical (unpaired) electrons. The number of allylic oxidation sites excluding steroid dienone is 2. The molecule has 0 amide bonds. The Balaban J connectivity index is 3.87. The molecule has 0 saturated carbocycles. The Labute approximate surface area is 102 Å². The van der Waals surface area contributed by atoms with E-state index in [2.05, 4.69) is 39.8 Å². The molecule has 1 nitrogen and oxygen atoms in total. The largest absolute Gasteiger partial charge is 0.198 e. The minimum atomic E-state index is 0.261. The summed E-state index contributed by atoms with van der Waals surface area (Å²) in [6.07, 6.45) is 9.34. The summed E-state index contributed by atoms with van der Waals surface area (Å²) >= 11 is 0. The van der Waals surface area contributed by atoms with Crippen LogP contribution in [0.25, 0.3) is 0 Å². The quantitative estimate of drug-likeness (QED) is 0.414. The standard InChI is InChI=1S/C15H27N/c1-5-6-7-11-15(12-16)14(4)10-8-9-13(2)3/h9,14-15H,5-8,10-11H2,1-4H3. The lowest BCUT2D eigenvalue weighted by molar-refractivity contribution is 0.378. The van der Waals surface area contributed by atoms with Crippen LogP contribution >= 0.6 is 0 Å². The Bertz CT molecular complexity index is 230. The van der Waals surface area contributed by atoms with Crippen LogP contribution in [0.2, 0.25) is 0 Å². The van der Waals surface area contributed by atoms with Gasteiger partial charge in [-0.1, -0.05) is 44.8 Å². The maximum absolute atomic E-state index is 9.14. The van der Waals surface area contributed by atoms with E-state index < -0.39 is 0 Å². The van der Waals surface area contributed by atoms with Gasteiger partial charge in [-0.2, -0.15) is 5.26 Å². The van der Waals surface area contributed by atoms with Crippen LogP contribution in [0.15, 0.2) is 11.6 Å². The number of nitrogens with zero attached hydrogens (tertiary/aromatic N) is 1. The lowest BCUT2D eigenvalue weighted by atomic mass is 9.87. The molecule has 0 rings (SSSR count). The van der Waals surface area contributed by atoms with Crippen molar-refractivity contribution in [2.24, 2.45) is 11.8 Å². The van der Waals surface area contributed by atoms with E-state index in [-0.39, 0.29) is 5.92 Å². The van der Waals surface area contributed by atoms with E-state index in [9.17, 15) is 0 Å². The van der Waals surface area contributed by atoms with Crippen molar-refractivity contribution in [2.75, 3.05) is 0 Å². The van der Waals surface area contributed by atoms with Crippen LogP contribution in [0.4, 0.5) is 0 Å². The van der Waals surface area contributed by atoms with E-state index in [0.29, 0.717) is 5.92 Å². The van der Waals surface area contributed by atoms with E-state index in [1.54, 1.807) is 0 Å². The van der Waals surface area contributed by atoms with Gasteiger partial charge in [-0.25, -0.2) is 0 Å².